The van der Waals surface area contributed by atoms with Crippen molar-refractivity contribution in [3.63, 3.8) is 0 Å². The van der Waals surface area contributed by atoms with E-state index in [1.807, 2.05) is 0 Å². The molecule has 0 saturated heterocycles. The molecule has 0 atom stereocenters. The standard InChI is InChI=1S/C13H18BF3NO2/c1-11(2,19)12(3,4)20-14-10-7-8(18)5-6-9(10)13(15,16)17/h5-7,19H,18H2,1-4H3. The molecule has 0 fully saturated rings. The number of benzene rings is 1. The monoisotopic (exact) mass is 288 g/mol. The Morgan fingerprint density at radius 2 is 1.70 bits per heavy atom. The van der Waals surface area contributed by atoms with Gasteiger partial charge in [-0.1, -0.05) is 0 Å². The third-order valence-corrected chi connectivity index (χ3v) is 3.33. The molecule has 1 radical (unpaired) electrons. The zero-order valence-corrected chi connectivity index (χ0v) is 11.9. The molecule has 0 aromatic heterocycles. The SMILES string of the molecule is CC(C)(O)C(C)(C)O[B]c1cc(N)ccc1C(F)(F)F. The minimum absolute atomic E-state index is 0.171. The van der Waals surface area contributed by atoms with E-state index in [4.69, 9.17) is 10.4 Å². The van der Waals surface area contributed by atoms with Crippen molar-refractivity contribution in [1.82, 2.24) is 0 Å². The first-order chi connectivity index (χ1) is 8.84. The van der Waals surface area contributed by atoms with Crippen LogP contribution in [0.3, 0.4) is 0 Å². The number of alkyl halides is 3. The van der Waals surface area contributed by atoms with Gasteiger partial charge in [-0.25, -0.2) is 0 Å². The van der Waals surface area contributed by atoms with Crippen LogP contribution in [0.4, 0.5) is 18.9 Å². The van der Waals surface area contributed by atoms with Gasteiger partial charge in [0.05, 0.1) is 16.8 Å². The summed E-state index contributed by atoms with van der Waals surface area (Å²) in [6, 6.07) is 3.27. The third kappa shape index (κ3) is 3.90. The van der Waals surface area contributed by atoms with Gasteiger partial charge in [-0.3, -0.25) is 0 Å². The summed E-state index contributed by atoms with van der Waals surface area (Å²) >= 11 is 0. The minimum Gasteiger partial charge on any atom is -0.427 e. The lowest BCUT2D eigenvalue weighted by molar-refractivity contribution is -0.136. The third-order valence-electron chi connectivity index (χ3n) is 3.33. The largest absolute Gasteiger partial charge is 0.427 e. The molecule has 7 heteroatoms. The van der Waals surface area contributed by atoms with Crippen molar-refractivity contribution in [2.45, 2.75) is 45.1 Å². The molecular weight excluding hydrogens is 270 g/mol. The van der Waals surface area contributed by atoms with Gasteiger partial charge in [0.25, 0.3) is 0 Å². The highest BCUT2D eigenvalue weighted by atomic mass is 19.4. The fourth-order valence-electron chi connectivity index (χ4n) is 1.29. The zero-order valence-electron chi connectivity index (χ0n) is 11.9. The number of hydrogen-bond acceptors (Lipinski definition) is 3. The topological polar surface area (TPSA) is 55.5 Å². The van der Waals surface area contributed by atoms with Crippen molar-refractivity contribution in [1.29, 1.82) is 0 Å². The van der Waals surface area contributed by atoms with E-state index >= 15 is 0 Å². The highest BCUT2D eigenvalue weighted by Gasteiger charge is 2.38. The molecular formula is C13H18BF3NO2. The first-order valence-electron chi connectivity index (χ1n) is 6.05. The molecule has 0 aliphatic rings. The molecule has 0 amide bonds. The van der Waals surface area contributed by atoms with Gasteiger partial charge in [-0.15, -0.1) is 0 Å². The maximum absolute atomic E-state index is 12.9. The number of halogens is 3. The molecule has 0 saturated carbocycles. The van der Waals surface area contributed by atoms with Crippen LogP contribution in [0.25, 0.3) is 0 Å². The number of anilines is 1. The van der Waals surface area contributed by atoms with E-state index in [1.54, 1.807) is 13.8 Å². The summed E-state index contributed by atoms with van der Waals surface area (Å²) in [6.07, 6.45) is -4.50. The lowest BCUT2D eigenvalue weighted by atomic mass is 9.80. The Balaban J connectivity index is 3.02. The van der Waals surface area contributed by atoms with Crippen molar-refractivity contribution in [2.75, 3.05) is 5.73 Å². The Kier molecular flexibility index (Phi) is 4.46. The van der Waals surface area contributed by atoms with Gasteiger partial charge >= 0.3 is 13.7 Å². The maximum Gasteiger partial charge on any atom is 0.415 e. The number of hydrogen-bond donors (Lipinski definition) is 2. The van der Waals surface area contributed by atoms with E-state index < -0.39 is 22.9 Å². The molecule has 0 bridgehead atoms. The highest BCUT2D eigenvalue weighted by Crippen LogP contribution is 2.29. The van der Waals surface area contributed by atoms with Crippen LogP contribution in [0.15, 0.2) is 18.2 Å². The van der Waals surface area contributed by atoms with Crippen LogP contribution >= 0.6 is 0 Å². The van der Waals surface area contributed by atoms with Crippen LogP contribution in [0.2, 0.25) is 0 Å². The molecule has 0 heterocycles. The normalized spacial score (nSPS) is 13.4. The minimum atomic E-state index is -4.50. The molecule has 111 valence electrons. The molecule has 1 aromatic carbocycles. The molecule has 0 spiro atoms. The average Bonchev–Trinajstić information content (AvgIpc) is 2.23. The predicted octanol–water partition coefficient (Wildman–Crippen LogP) is 2.10. The highest BCUT2D eigenvalue weighted by molar-refractivity contribution is 6.48. The lowest BCUT2D eigenvalue weighted by Crippen LogP contribution is -2.49. The average molecular weight is 288 g/mol. The second-order valence-electron chi connectivity index (χ2n) is 5.65. The predicted molar refractivity (Wildman–Crippen MR) is 72.7 cm³/mol. The van der Waals surface area contributed by atoms with Crippen LogP contribution in [0, 0.1) is 0 Å². The van der Waals surface area contributed by atoms with Gasteiger partial charge in [0.1, 0.15) is 0 Å². The van der Waals surface area contributed by atoms with Crippen molar-refractivity contribution >= 4 is 18.6 Å². The molecule has 3 N–H and O–H groups in total. The van der Waals surface area contributed by atoms with E-state index in [0.717, 1.165) is 13.5 Å². The zero-order chi connectivity index (χ0) is 15.8. The van der Waals surface area contributed by atoms with Gasteiger partial charge in [0.15, 0.2) is 0 Å². The van der Waals surface area contributed by atoms with Crippen molar-refractivity contribution in [2.24, 2.45) is 0 Å². The Morgan fingerprint density at radius 3 is 2.15 bits per heavy atom. The van der Waals surface area contributed by atoms with Gasteiger partial charge in [0.2, 0.25) is 0 Å². The number of nitrogen functional groups attached to an aromatic ring is 1. The van der Waals surface area contributed by atoms with Crippen LogP contribution in [0.1, 0.15) is 33.3 Å². The van der Waals surface area contributed by atoms with Gasteiger partial charge in [0, 0.05) is 5.69 Å². The summed E-state index contributed by atoms with van der Waals surface area (Å²) in [5, 5.41) is 9.92. The Hall–Kier alpha value is -1.21. The molecule has 0 unspecified atom stereocenters. The van der Waals surface area contributed by atoms with Crippen molar-refractivity contribution < 1.29 is 22.9 Å². The molecule has 20 heavy (non-hydrogen) atoms. The first kappa shape index (κ1) is 16.8. The van der Waals surface area contributed by atoms with Crippen LogP contribution in [-0.4, -0.2) is 23.8 Å². The van der Waals surface area contributed by atoms with Gasteiger partial charge < -0.3 is 15.5 Å². The lowest BCUT2D eigenvalue weighted by Gasteiger charge is -2.37. The summed E-state index contributed by atoms with van der Waals surface area (Å²) in [6.45, 7) is 6.21. The van der Waals surface area contributed by atoms with E-state index in [-0.39, 0.29) is 11.2 Å². The van der Waals surface area contributed by atoms with Crippen LogP contribution in [0.5, 0.6) is 0 Å². The Labute approximate surface area is 117 Å². The van der Waals surface area contributed by atoms with E-state index in [1.165, 1.54) is 26.0 Å². The second-order valence-corrected chi connectivity index (χ2v) is 5.65. The second kappa shape index (κ2) is 5.29. The van der Waals surface area contributed by atoms with Crippen molar-refractivity contribution in [3.05, 3.63) is 23.8 Å². The Bertz CT molecular complexity index is 481. The maximum atomic E-state index is 12.9. The number of nitrogens with two attached hydrogens (primary N) is 1. The smallest absolute Gasteiger partial charge is 0.415 e. The number of aliphatic hydroxyl groups is 1. The fourth-order valence-corrected chi connectivity index (χ4v) is 1.29. The summed E-state index contributed by atoms with van der Waals surface area (Å²) in [7, 11) is 0.983. The molecule has 3 nitrogen and oxygen atoms in total. The van der Waals surface area contributed by atoms with Crippen molar-refractivity contribution in [3.8, 4) is 0 Å². The van der Waals surface area contributed by atoms with E-state index in [0.29, 0.717) is 0 Å². The van der Waals surface area contributed by atoms with Crippen LogP contribution in [-0.2, 0) is 10.8 Å². The van der Waals surface area contributed by atoms with Gasteiger partial charge in [-0.2, -0.15) is 13.2 Å². The van der Waals surface area contributed by atoms with E-state index in [9.17, 15) is 18.3 Å². The first-order valence-corrected chi connectivity index (χ1v) is 6.05. The Morgan fingerprint density at radius 1 is 1.15 bits per heavy atom. The molecule has 1 aromatic rings. The number of rotatable bonds is 4. The fraction of sp³-hybridized carbons (Fsp3) is 0.538. The summed E-state index contributed by atoms with van der Waals surface area (Å²) in [5.74, 6) is 0. The molecule has 0 aliphatic heterocycles. The summed E-state index contributed by atoms with van der Waals surface area (Å²) < 4.78 is 43.9. The van der Waals surface area contributed by atoms with Gasteiger partial charge in [-0.05, 0) is 51.4 Å². The molecule has 0 aliphatic carbocycles. The van der Waals surface area contributed by atoms with E-state index in [2.05, 4.69) is 0 Å². The van der Waals surface area contributed by atoms with Crippen LogP contribution < -0.4 is 11.2 Å². The quantitative estimate of drug-likeness (QED) is 0.659. The summed E-state index contributed by atoms with van der Waals surface area (Å²) in [4.78, 5) is 0. The summed E-state index contributed by atoms with van der Waals surface area (Å²) in [5.41, 5.74) is 2.42. The molecule has 1 rings (SSSR count).